The lowest BCUT2D eigenvalue weighted by atomic mass is 9.75. The first-order valence-corrected chi connectivity index (χ1v) is 14.3. The summed E-state index contributed by atoms with van der Waals surface area (Å²) in [7, 11) is 0. The van der Waals surface area contributed by atoms with Crippen LogP contribution in [0.2, 0.25) is 0 Å². The molecule has 5 rings (SSSR count). The number of likely N-dealkylation sites (tertiary alicyclic amines) is 1. The molecule has 2 saturated carbocycles. The van der Waals surface area contributed by atoms with Crippen LogP contribution in [0.3, 0.4) is 0 Å². The average molecular weight is 527 g/mol. The lowest BCUT2D eigenvalue weighted by Gasteiger charge is -2.37. The summed E-state index contributed by atoms with van der Waals surface area (Å²) in [6.07, 6.45) is 9.78. The van der Waals surface area contributed by atoms with E-state index in [1.807, 2.05) is 17.0 Å². The van der Waals surface area contributed by atoms with E-state index in [1.54, 1.807) is 6.07 Å². The molecule has 1 aromatic heterocycles. The average Bonchev–Trinajstić information content (AvgIpc) is 3.58. The number of carbonyl (C=O) groups is 3. The Balaban J connectivity index is 1.34. The van der Waals surface area contributed by atoms with Crippen molar-refractivity contribution >= 4 is 28.6 Å². The monoisotopic (exact) mass is 526 g/mol. The molecule has 0 unspecified atom stereocenters. The molecule has 0 bridgehead atoms. The van der Waals surface area contributed by atoms with Gasteiger partial charge in [-0.15, -0.1) is 0 Å². The summed E-state index contributed by atoms with van der Waals surface area (Å²) in [6.45, 7) is 0.0837. The Morgan fingerprint density at radius 1 is 1.03 bits per heavy atom. The van der Waals surface area contributed by atoms with Gasteiger partial charge in [0.05, 0.1) is 6.04 Å². The zero-order chi connectivity index (χ0) is 26.8. The molecule has 1 aromatic carbocycles. The maximum Gasteiger partial charge on any atom is 0.371 e. The third kappa shape index (κ3) is 5.51. The number of benzene rings is 1. The van der Waals surface area contributed by atoms with Gasteiger partial charge in [0, 0.05) is 30.3 Å². The molecule has 2 heterocycles. The lowest BCUT2D eigenvalue weighted by molar-refractivity contribution is -0.143. The van der Waals surface area contributed by atoms with E-state index in [4.69, 9.17) is 10.2 Å². The Morgan fingerprint density at radius 2 is 1.76 bits per heavy atom. The van der Waals surface area contributed by atoms with Crippen LogP contribution in [0.4, 0.5) is 4.39 Å². The number of hydrogen-bond acceptors (Lipinski definition) is 5. The summed E-state index contributed by atoms with van der Waals surface area (Å²) in [4.78, 5) is 40.9. The van der Waals surface area contributed by atoms with Crippen molar-refractivity contribution in [3.8, 4) is 0 Å². The number of amides is 1. The van der Waals surface area contributed by atoms with Gasteiger partial charge < -0.3 is 20.2 Å². The van der Waals surface area contributed by atoms with Crippen LogP contribution in [0.1, 0.15) is 80.3 Å². The highest BCUT2D eigenvalue weighted by Crippen LogP contribution is 2.41. The topological polar surface area (TPSA) is 114 Å². The van der Waals surface area contributed by atoms with Gasteiger partial charge in [-0.3, -0.25) is 9.59 Å². The van der Waals surface area contributed by atoms with Gasteiger partial charge in [-0.1, -0.05) is 38.2 Å². The van der Waals surface area contributed by atoms with Crippen molar-refractivity contribution in [2.24, 2.45) is 29.4 Å². The number of furan rings is 1. The standard InChI is InChI=1S/C30H39FN2O5/c31-17-24(32)20-7-9-21(10-8-20)29(35)33-13-12-23(19-4-2-1-3-5-19)28(33)25(34)15-18-6-11-26-22(14-18)16-27(38-26)30(36)37/h6,11,14,16,19-21,23-24,28H,1-5,7-10,12-13,15,17,32H2,(H,36,37)/t20?,21?,23-,24+,28-/m0/s1. The number of carboxylic acid groups (broad SMARTS) is 1. The number of carbonyl (C=O) groups excluding carboxylic acids is 2. The number of carboxylic acids is 1. The van der Waals surface area contributed by atoms with Gasteiger partial charge in [0.2, 0.25) is 11.7 Å². The van der Waals surface area contributed by atoms with Gasteiger partial charge in [0.1, 0.15) is 12.3 Å². The molecular formula is C30H39FN2O5. The second-order valence-electron chi connectivity index (χ2n) is 11.7. The number of aromatic carboxylic acids is 1. The van der Waals surface area contributed by atoms with Crippen molar-refractivity contribution in [1.82, 2.24) is 4.90 Å². The van der Waals surface area contributed by atoms with Gasteiger partial charge in [0.15, 0.2) is 5.78 Å². The Morgan fingerprint density at radius 3 is 2.45 bits per heavy atom. The van der Waals surface area contributed by atoms with Gasteiger partial charge in [-0.05, 0) is 73.6 Å². The van der Waals surface area contributed by atoms with E-state index >= 15 is 0 Å². The summed E-state index contributed by atoms with van der Waals surface area (Å²) in [5.74, 6) is -0.496. The van der Waals surface area contributed by atoms with Gasteiger partial charge in [-0.25, -0.2) is 9.18 Å². The Kier molecular flexibility index (Phi) is 8.17. The van der Waals surface area contributed by atoms with Crippen LogP contribution in [0.25, 0.3) is 11.0 Å². The molecule has 1 amide bonds. The van der Waals surface area contributed by atoms with E-state index in [0.717, 1.165) is 37.7 Å². The van der Waals surface area contributed by atoms with Crippen molar-refractivity contribution < 1.29 is 28.3 Å². The molecule has 1 saturated heterocycles. The first kappa shape index (κ1) is 26.9. The molecule has 0 radical (unpaired) electrons. The van der Waals surface area contributed by atoms with Crippen molar-refractivity contribution in [2.75, 3.05) is 13.2 Å². The fourth-order valence-electron chi connectivity index (χ4n) is 7.30. The summed E-state index contributed by atoms with van der Waals surface area (Å²) < 4.78 is 18.4. The number of fused-ring (bicyclic) bond motifs is 1. The minimum Gasteiger partial charge on any atom is -0.475 e. The molecule has 3 atom stereocenters. The molecule has 0 spiro atoms. The van der Waals surface area contributed by atoms with Crippen LogP contribution in [0.5, 0.6) is 0 Å². The highest BCUT2D eigenvalue weighted by atomic mass is 19.1. The Bertz CT molecular complexity index is 1160. The van der Waals surface area contributed by atoms with E-state index in [0.29, 0.717) is 36.3 Å². The minimum absolute atomic E-state index is 0.0564. The molecule has 206 valence electrons. The zero-order valence-electron chi connectivity index (χ0n) is 21.9. The second-order valence-corrected chi connectivity index (χ2v) is 11.7. The summed E-state index contributed by atoms with van der Waals surface area (Å²) in [5.41, 5.74) is 7.19. The number of nitrogens with zero attached hydrogens (tertiary/aromatic N) is 1. The van der Waals surface area contributed by atoms with Crippen LogP contribution < -0.4 is 5.73 Å². The largest absolute Gasteiger partial charge is 0.475 e. The highest BCUT2D eigenvalue weighted by Gasteiger charge is 2.46. The number of ketones is 1. The van der Waals surface area contributed by atoms with Gasteiger partial charge in [0.25, 0.3) is 0 Å². The number of Topliss-reactive ketones (excluding diaryl/α,β-unsaturated/α-hetero) is 1. The highest BCUT2D eigenvalue weighted by molar-refractivity contribution is 5.94. The predicted octanol–water partition coefficient (Wildman–Crippen LogP) is 5.14. The first-order chi connectivity index (χ1) is 18.4. The smallest absolute Gasteiger partial charge is 0.371 e. The van der Waals surface area contributed by atoms with E-state index in [1.165, 1.54) is 25.3 Å². The molecule has 3 fully saturated rings. The Labute approximate surface area is 222 Å². The van der Waals surface area contributed by atoms with Crippen molar-refractivity contribution in [3.63, 3.8) is 0 Å². The molecule has 3 aliphatic rings. The quantitative estimate of drug-likeness (QED) is 0.492. The number of rotatable bonds is 8. The Hall–Kier alpha value is -2.74. The summed E-state index contributed by atoms with van der Waals surface area (Å²) in [5, 5.41) is 9.88. The maximum atomic E-state index is 13.9. The van der Waals surface area contributed by atoms with Crippen LogP contribution in [0.15, 0.2) is 28.7 Å². The van der Waals surface area contributed by atoms with Crippen molar-refractivity contribution in [2.45, 2.75) is 82.7 Å². The third-order valence-corrected chi connectivity index (χ3v) is 9.39. The number of nitrogens with two attached hydrogens (primary N) is 1. The molecule has 7 nitrogen and oxygen atoms in total. The third-order valence-electron chi connectivity index (χ3n) is 9.39. The van der Waals surface area contributed by atoms with Crippen LogP contribution in [0, 0.1) is 23.7 Å². The van der Waals surface area contributed by atoms with E-state index < -0.39 is 24.7 Å². The van der Waals surface area contributed by atoms with Gasteiger partial charge >= 0.3 is 5.97 Å². The van der Waals surface area contributed by atoms with E-state index in [9.17, 15) is 23.9 Å². The summed E-state index contributed by atoms with van der Waals surface area (Å²) >= 11 is 0. The van der Waals surface area contributed by atoms with Crippen LogP contribution in [-0.2, 0) is 16.0 Å². The fraction of sp³-hybridized carbons (Fsp3) is 0.633. The molecule has 2 aliphatic carbocycles. The van der Waals surface area contributed by atoms with Crippen molar-refractivity contribution in [1.29, 1.82) is 0 Å². The minimum atomic E-state index is -1.13. The van der Waals surface area contributed by atoms with Crippen LogP contribution >= 0.6 is 0 Å². The molecule has 2 aromatic rings. The lowest BCUT2D eigenvalue weighted by Crippen LogP contribution is -2.48. The van der Waals surface area contributed by atoms with E-state index in [2.05, 4.69) is 0 Å². The zero-order valence-corrected chi connectivity index (χ0v) is 21.9. The summed E-state index contributed by atoms with van der Waals surface area (Å²) in [6, 6.07) is 5.93. The second kappa shape index (κ2) is 11.6. The predicted molar refractivity (Wildman–Crippen MR) is 141 cm³/mol. The van der Waals surface area contributed by atoms with Gasteiger partial charge in [-0.2, -0.15) is 0 Å². The fourth-order valence-corrected chi connectivity index (χ4v) is 7.30. The van der Waals surface area contributed by atoms with Crippen LogP contribution in [-0.4, -0.2) is 53.0 Å². The molecule has 3 N–H and O–H groups in total. The van der Waals surface area contributed by atoms with Crippen molar-refractivity contribution in [3.05, 3.63) is 35.6 Å². The molecule has 38 heavy (non-hydrogen) atoms. The van der Waals surface area contributed by atoms with E-state index in [-0.39, 0.29) is 41.6 Å². The number of hydrogen-bond donors (Lipinski definition) is 2. The number of alkyl halides is 1. The SMILES string of the molecule is N[C@H](CF)C1CCC(C(=O)N2CC[C@@H](C3CCCCC3)[C@H]2C(=O)Cc2ccc3oc(C(=O)O)cc3c2)CC1. The molecular weight excluding hydrogens is 487 g/mol. The normalized spacial score (nSPS) is 27.5. The molecule has 8 heteroatoms. The molecule has 1 aliphatic heterocycles. The first-order valence-electron chi connectivity index (χ1n) is 14.3. The maximum absolute atomic E-state index is 13.9. The number of halogens is 1.